The topological polar surface area (TPSA) is 107 Å². The molecule has 2 N–H and O–H groups in total. The molecule has 0 saturated carbocycles. The number of nitrogens with zero attached hydrogens (tertiary/aromatic N) is 3. The van der Waals surface area contributed by atoms with E-state index in [2.05, 4.69) is 20.8 Å². The number of anilines is 1. The molecule has 0 bridgehead atoms. The molecule has 2 heterocycles. The molecule has 2 aromatic carbocycles. The van der Waals surface area contributed by atoms with Crippen LogP contribution in [0.25, 0.3) is 0 Å². The number of carbonyl (C=O) groups is 2. The second kappa shape index (κ2) is 9.31. The van der Waals surface area contributed by atoms with Crippen LogP contribution in [0, 0.1) is 13.8 Å². The third kappa shape index (κ3) is 4.86. The van der Waals surface area contributed by atoms with E-state index >= 15 is 0 Å². The van der Waals surface area contributed by atoms with E-state index in [4.69, 9.17) is 9.47 Å². The van der Waals surface area contributed by atoms with Crippen molar-refractivity contribution in [1.82, 2.24) is 20.1 Å². The van der Waals surface area contributed by atoms with Crippen LogP contribution >= 0.6 is 11.8 Å². The lowest BCUT2D eigenvalue weighted by molar-refractivity contribution is -0.113. The van der Waals surface area contributed by atoms with Crippen molar-refractivity contribution in [3.63, 3.8) is 0 Å². The average Bonchev–Trinajstić information content (AvgIpc) is 3.39. The van der Waals surface area contributed by atoms with Crippen molar-refractivity contribution in [3.8, 4) is 11.5 Å². The van der Waals surface area contributed by atoms with Gasteiger partial charge in [0.15, 0.2) is 22.5 Å². The number of hydrogen-bond acceptors (Lipinski definition) is 7. The largest absolute Gasteiger partial charge is 0.454 e. The van der Waals surface area contributed by atoms with Crippen molar-refractivity contribution in [2.75, 3.05) is 17.9 Å². The highest BCUT2D eigenvalue weighted by molar-refractivity contribution is 7.99. The van der Waals surface area contributed by atoms with Crippen LogP contribution in [0.4, 0.5) is 5.69 Å². The molecular formula is C22H23N5O4S. The Balaban J connectivity index is 1.30. The van der Waals surface area contributed by atoms with Crippen molar-refractivity contribution in [1.29, 1.82) is 0 Å². The number of aromatic nitrogens is 3. The predicted octanol–water partition coefficient (Wildman–Crippen LogP) is 2.82. The Morgan fingerprint density at radius 2 is 1.91 bits per heavy atom. The first-order valence-corrected chi connectivity index (χ1v) is 11.0. The van der Waals surface area contributed by atoms with Gasteiger partial charge in [-0.15, -0.1) is 10.2 Å². The lowest BCUT2D eigenvalue weighted by atomic mass is 10.1. The van der Waals surface area contributed by atoms with Crippen LogP contribution in [-0.4, -0.2) is 39.1 Å². The summed E-state index contributed by atoms with van der Waals surface area (Å²) in [4.78, 5) is 24.8. The zero-order valence-electron chi connectivity index (χ0n) is 18.0. The van der Waals surface area contributed by atoms with E-state index in [1.54, 1.807) is 29.8 Å². The minimum Gasteiger partial charge on any atom is -0.454 e. The van der Waals surface area contributed by atoms with Crippen molar-refractivity contribution in [2.24, 2.45) is 7.05 Å². The minimum atomic E-state index is -0.256. The summed E-state index contributed by atoms with van der Waals surface area (Å²) in [6, 6.07) is 11.0. The summed E-state index contributed by atoms with van der Waals surface area (Å²) in [5, 5.41) is 14.6. The number of rotatable bonds is 7. The molecule has 166 valence electrons. The van der Waals surface area contributed by atoms with Gasteiger partial charge >= 0.3 is 0 Å². The Labute approximate surface area is 189 Å². The van der Waals surface area contributed by atoms with Crippen LogP contribution in [0.5, 0.6) is 11.5 Å². The Bertz CT molecular complexity index is 1180. The van der Waals surface area contributed by atoms with E-state index in [-0.39, 0.29) is 30.9 Å². The molecule has 1 aliphatic heterocycles. The zero-order chi connectivity index (χ0) is 22.7. The Morgan fingerprint density at radius 1 is 1.09 bits per heavy atom. The third-order valence-electron chi connectivity index (χ3n) is 4.97. The molecule has 1 aliphatic rings. The van der Waals surface area contributed by atoms with Gasteiger partial charge in [0.1, 0.15) is 0 Å². The Hall–Kier alpha value is -3.53. The molecule has 0 radical (unpaired) electrons. The van der Waals surface area contributed by atoms with Crippen LogP contribution in [0.15, 0.2) is 41.6 Å². The van der Waals surface area contributed by atoms with Gasteiger partial charge in [-0.2, -0.15) is 0 Å². The van der Waals surface area contributed by atoms with Gasteiger partial charge < -0.3 is 24.7 Å². The minimum absolute atomic E-state index is 0.121. The zero-order valence-corrected chi connectivity index (χ0v) is 18.8. The van der Waals surface area contributed by atoms with E-state index in [0.29, 0.717) is 28.0 Å². The van der Waals surface area contributed by atoms with Gasteiger partial charge in [-0.05, 0) is 49.2 Å². The summed E-state index contributed by atoms with van der Waals surface area (Å²) in [7, 11) is 1.80. The molecule has 4 rings (SSSR count). The van der Waals surface area contributed by atoms with Gasteiger partial charge in [0, 0.05) is 18.3 Å². The summed E-state index contributed by atoms with van der Waals surface area (Å²) in [6.07, 6.45) is 0. The summed E-state index contributed by atoms with van der Waals surface area (Å²) in [5.41, 5.74) is 3.36. The Kier molecular flexibility index (Phi) is 6.31. The molecule has 0 fully saturated rings. The number of aryl methyl sites for hydroxylation is 2. The summed E-state index contributed by atoms with van der Waals surface area (Å²) in [6.45, 7) is 4.29. The predicted molar refractivity (Wildman–Crippen MR) is 120 cm³/mol. The van der Waals surface area contributed by atoms with Gasteiger partial charge in [0.25, 0.3) is 5.91 Å². The van der Waals surface area contributed by atoms with Crippen LogP contribution in [-0.2, 0) is 18.4 Å². The number of carbonyl (C=O) groups excluding carboxylic acids is 2. The number of hydrogen-bond donors (Lipinski definition) is 2. The molecule has 0 aliphatic carbocycles. The van der Waals surface area contributed by atoms with Gasteiger partial charge in [-0.1, -0.05) is 23.9 Å². The molecule has 3 aromatic rings. The SMILES string of the molecule is Cc1ccc(C)c(NC(=O)CSc2nnc(CNC(=O)c3ccc4c(c3)OCO4)n2C)c1. The molecule has 0 unspecified atom stereocenters. The second-order valence-electron chi connectivity index (χ2n) is 7.36. The fourth-order valence-electron chi connectivity index (χ4n) is 3.11. The van der Waals surface area contributed by atoms with Gasteiger partial charge in [0.05, 0.1) is 12.3 Å². The fraction of sp³-hybridized carbons (Fsp3) is 0.273. The van der Waals surface area contributed by atoms with Crippen LogP contribution in [0.2, 0.25) is 0 Å². The van der Waals surface area contributed by atoms with Crippen LogP contribution in [0.1, 0.15) is 27.3 Å². The Morgan fingerprint density at radius 3 is 2.75 bits per heavy atom. The number of fused-ring (bicyclic) bond motifs is 1. The number of amides is 2. The van der Waals surface area contributed by atoms with Gasteiger partial charge in [-0.3, -0.25) is 9.59 Å². The van der Waals surface area contributed by atoms with E-state index in [1.807, 2.05) is 32.0 Å². The molecule has 2 amide bonds. The first-order chi connectivity index (χ1) is 15.4. The molecule has 10 heteroatoms. The van der Waals surface area contributed by atoms with Gasteiger partial charge in [-0.25, -0.2) is 0 Å². The maximum Gasteiger partial charge on any atom is 0.251 e. The standard InChI is InChI=1S/C22H23N5O4S/c1-13-4-5-14(2)16(8-13)24-20(28)11-32-22-26-25-19(27(22)3)10-23-21(29)15-6-7-17-18(9-15)31-12-30-17/h4-9H,10-12H2,1-3H3,(H,23,29)(H,24,28). The monoisotopic (exact) mass is 453 g/mol. The van der Waals surface area contributed by atoms with E-state index in [0.717, 1.165) is 16.8 Å². The fourth-order valence-corrected chi connectivity index (χ4v) is 3.84. The quantitative estimate of drug-likeness (QED) is 0.530. The molecule has 0 saturated heterocycles. The summed E-state index contributed by atoms with van der Waals surface area (Å²) < 4.78 is 12.3. The second-order valence-corrected chi connectivity index (χ2v) is 8.31. The molecule has 32 heavy (non-hydrogen) atoms. The number of ether oxygens (including phenoxy) is 2. The summed E-state index contributed by atoms with van der Waals surface area (Å²) in [5.74, 6) is 1.57. The molecule has 1 aromatic heterocycles. The van der Waals surface area contributed by atoms with E-state index < -0.39 is 0 Å². The van der Waals surface area contributed by atoms with Crippen molar-refractivity contribution in [2.45, 2.75) is 25.5 Å². The third-order valence-corrected chi connectivity index (χ3v) is 5.99. The molecule has 0 atom stereocenters. The number of thioether (sulfide) groups is 1. The van der Waals surface area contributed by atoms with Crippen LogP contribution in [0.3, 0.4) is 0 Å². The summed E-state index contributed by atoms with van der Waals surface area (Å²) >= 11 is 1.28. The lowest BCUT2D eigenvalue weighted by Crippen LogP contribution is -2.24. The smallest absolute Gasteiger partial charge is 0.251 e. The van der Waals surface area contributed by atoms with E-state index in [9.17, 15) is 9.59 Å². The highest BCUT2D eigenvalue weighted by Crippen LogP contribution is 2.32. The highest BCUT2D eigenvalue weighted by atomic mass is 32.2. The van der Waals surface area contributed by atoms with Crippen molar-refractivity contribution >= 4 is 29.3 Å². The number of nitrogens with one attached hydrogen (secondary N) is 2. The molecular weight excluding hydrogens is 430 g/mol. The maximum atomic E-state index is 12.5. The van der Waals surface area contributed by atoms with Crippen molar-refractivity contribution in [3.05, 3.63) is 58.9 Å². The first-order valence-electron chi connectivity index (χ1n) is 9.97. The first kappa shape index (κ1) is 21.7. The van der Waals surface area contributed by atoms with E-state index in [1.165, 1.54) is 11.8 Å². The molecule has 0 spiro atoms. The van der Waals surface area contributed by atoms with Crippen LogP contribution < -0.4 is 20.1 Å². The average molecular weight is 454 g/mol. The van der Waals surface area contributed by atoms with Gasteiger partial charge in [0.2, 0.25) is 12.7 Å². The lowest BCUT2D eigenvalue weighted by Gasteiger charge is -2.09. The van der Waals surface area contributed by atoms with Crippen molar-refractivity contribution < 1.29 is 19.1 Å². The highest BCUT2D eigenvalue weighted by Gasteiger charge is 2.17. The normalized spacial score (nSPS) is 12.0. The number of benzene rings is 2. The molecule has 9 nitrogen and oxygen atoms in total. The maximum absolute atomic E-state index is 12.5.